The molecule has 0 atom stereocenters. The molecule has 0 radical (unpaired) electrons. The van der Waals surface area contributed by atoms with Crippen molar-refractivity contribution >= 4 is 15.5 Å². The summed E-state index contributed by atoms with van der Waals surface area (Å²) in [4.78, 5) is 0.279. The molecule has 0 amide bonds. The number of anilines is 1. The van der Waals surface area contributed by atoms with Gasteiger partial charge in [-0.15, -0.1) is 0 Å². The number of para-hydroxylation sites is 1. The van der Waals surface area contributed by atoms with Crippen molar-refractivity contribution in [2.45, 2.75) is 38.5 Å². The zero-order valence-corrected chi connectivity index (χ0v) is 11.5. The van der Waals surface area contributed by atoms with Crippen LogP contribution in [0, 0.1) is 12.8 Å². The molecule has 0 heterocycles. The van der Waals surface area contributed by atoms with Crippen molar-refractivity contribution in [3.8, 4) is 0 Å². The van der Waals surface area contributed by atoms with Gasteiger partial charge in [-0.3, -0.25) is 0 Å². The SMILES string of the molecule is Cc1cccc(S(=O)(=O)CCCC(C)C)c1N. The molecule has 0 saturated heterocycles. The molecule has 2 N–H and O–H groups in total. The molecular formula is C13H21NO2S. The molecule has 0 unspecified atom stereocenters. The third-order valence-corrected chi connectivity index (χ3v) is 4.67. The van der Waals surface area contributed by atoms with Gasteiger partial charge < -0.3 is 5.73 Å². The Kier molecular flexibility index (Phi) is 4.57. The zero-order valence-electron chi connectivity index (χ0n) is 10.7. The normalized spacial score (nSPS) is 12.0. The first-order valence-corrected chi connectivity index (χ1v) is 7.57. The number of nitrogen functional groups attached to an aromatic ring is 1. The first kappa shape index (κ1) is 14.0. The molecule has 1 rings (SSSR count). The first-order chi connectivity index (χ1) is 7.84. The lowest BCUT2D eigenvalue weighted by Crippen LogP contribution is -2.11. The van der Waals surface area contributed by atoms with E-state index in [-0.39, 0.29) is 10.6 Å². The fourth-order valence-electron chi connectivity index (χ4n) is 1.72. The Morgan fingerprint density at radius 2 is 1.94 bits per heavy atom. The van der Waals surface area contributed by atoms with E-state index in [0.717, 1.165) is 12.0 Å². The van der Waals surface area contributed by atoms with Crippen molar-refractivity contribution in [1.29, 1.82) is 0 Å². The molecule has 17 heavy (non-hydrogen) atoms. The Bertz CT molecular complexity index is 478. The molecule has 1 aromatic carbocycles. The van der Waals surface area contributed by atoms with E-state index in [1.165, 1.54) is 0 Å². The average molecular weight is 255 g/mol. The van der Waals surface area contributed by atoms with Crippen molar-refractivity contribution < 1.29 is 8.42 Å². The number of aryl methyl sites for hydroxylation is 1. The second kappa shape index (κ2) is 5.54. The van der Waals surface area contributed by atoms with E-state index in [9.17, 15) is 8.42 Å². The van der Waals surface area contributed by atoms with Crippen molar-refractivity contribution in [3.05, 3.63) is 23.8 Å². The zero-order chi connectivity index (χ0) is 13.1. The van der Waals surface area contributed by atoms with Gasteiger partial charge in [-0.25, -0.2) is 8.42 Å². The minimum absolute atomic E-state index is 0.179. The van der Waals surface area contributed by atoms with Crippen LogP contribution >= 0.6 is 0 Å². The van der Waals surface area contributed by atoms with Crippen LogP contribution in [0.4, 0.5) is 5.69 Å². The Hall–Kier alpha value is -1.03. The van der Waals surface area contributed by atoms with Crippen LogP contribution in [0.15, 0.2) is 23.1 Å². The predicted octanol–water partition coefficient (Wildman–Crippen LogP) is 2.79. The minimum atomic E-state index is -3.23. The fraction of sp³-hybridized carbons (Fsp3) is 0.538. The Balaban J connectivity index is 2.87. The molecule has 96 valence electrons. The second-order valence-corrected chi connectivity index (χ2v) is 6.92. The molecule has 0 aliphatic heterocycles. The quantitative estimate of drug-likeness (QED) is 0.823. The Morgan fingerprint density at radius 3 is 2.53 bits per heavy atom. The van der Waals surface area contributed by atoms with Gasteiger partial charge in [0.2, 0.25) is 0 Å². The van der Waals surface area contributed by atoms with Gasteiger partial charge in [0.1, 0.15) is 0 Å². The highest BCUT2D eigenvalue weighted by molar-refractivity contribution is 7.91. The van der Waals surface area contributed by atoms with E-state index in [1.54, 1.807) is 12.1 Å². The topological polar surface area (TPSA) is 60.2 Å². The van der Waals surface area contributed by atoms with Gasteiger partial charge in [0.25, 0.3) is 0 Å². The van der Waals surface area contributed by atoms with Gasteiger partial charge in [-0.1, -0.05) is 26.0 Å². The van der Waals surface area contributed by atoms with Gasteiger partial charge in [0, 0.05) is 0 Å². The molecule has 0 saturated carbocycles. The van der Waals surface area contributed by atoms with Crippen molar-refractivity contribution in [3.63, 3.8) is 0 Å². The number of nitrogens with two attached hydrogens (primary N) is 1. The Labute approximate surface area is 104 Å². The lowest BCUT2D eigenvalue weighted by Gasteiger charge is -2.10. The highest BCUT2D eigenvalue weighted by Crippen LogP contribution is 2.23. The van der Waals surface area contributed by atoms with Crippen LogP contribution in [-0.2, 0) is 9.84 Å². The van der Waals surface area contributed by atoms with Crippen LogP contribution in [-0.4, -0.2) is 14.2 Å². The van der Waals surface area contributed by atoms with E-state index in [4.69, 9.17) is 5.73 Å². The summed E-state index contributed by atoms with van der Waals surface area (Å²) >= 11 is 0. The van der Waals surface area contributed by atoms with Gasteiger partial charge in [-0.05, 0) is 37.3 Å². The van der Waals surface area contributed by atoms with E-state index in [0.29, 0.717) is 18.0 Å². The van der Waals surface area contributed by atoms with E-state index >= 15 is 0 Å². The lowest BCUT2D eigenvalue weighted by molar-refractivity contribution is 0.560. The Morgan fingerprint density at radius 1 is 1.29 bits per heavy atom. The van der Waals surface area contributed by atoms with E-state index in [1.807, 2.05) is 13.0 Å². The number of hydrogen-bond donors (Lipinski definition) is 1. The van der Waals surface area contributed by atoms with Crippen molar-refractivity contribution in [2.75, 3.05) is 11.5 Å². The first-order valence-electron chi connectivity index (χ1n) is 5.92. The molecule has 0 aliphatic carbocycles. The van der Waals surface area contributed by atoms with Crippen LogP contribution < -0.4 is 5.73 Å². The fourth-order valence-corrected chi connectivity index (χ4v) is 3.27. The molecule has 0 aromatic heterocycles. The number of hydrogen-bond acceptors (Lipinski definition) is 3. The maximum Gasteiger partial charge on any atom is 0.180 e. The van der Waals surface area contributed by atoms with Crippen molar-refractivity contribution in [2.24, 2.45) is 5.92 Å². The monoisotopic (exact) mass is 255 g/mol. The standard InChI is InChI=1S/C13H21NO2S/c1-10(2)6-5-9-17(15,16)12-8-4-7-11(3)13(12)14/h4,7-8,10H,5-6,9,14H2,1-3H3. The van der Waals surface area contributed by atoms with E-state index < -0.39 is 9.84 Å². The predicted molar refractivity (Wildman–Crippen MR) is 71.7 cm³/mol. The van der Waals surface area contributed by atoms with Gasteiger partial charge in [0.05, 0.1) is 16.3 Å². The maximum absolute atomic E-state index is 12.1. The summed E-state index contributed by atoms with van der Waals surface area (Å²) < 4.78 is 24.2. The molecular weight excluding hydrogens is 234 g/mol. The van der Waals surface area contributed by atoms with Crippen LogP contribution in [0.1, 0.15) is 32.3 Å². The highest BCUT2D eigenvalue weighted by Gasteiger charge is 2.18. The molecule has 0 spiro atoms. The number of benzene rings is 1. The molecule has 0 aliphatic rings. The number of rotatable bonds is 5. The van der Waals surface area contributed by atoms with Crippen molar-refractivity contribution in [1.82, 2.24) is 0 Å². The molecule has 0 bridgehead atoms. The molecule has 0 fully saturated rings. The van der Waals surface area contributed by atoms with E-state index in [2.05, 4.69) is 13.8 Å². The molecule has 1 aromatic rings. The maximum atomic E-state index is 12.1. The third kappa shape index (κ3) is 3.73. The van der Waals surface area contributed by atoms with Crippen LogP contribution in [0.5, 0.6) is 0 Å². The van der Waals surface area contributed by atoms with Gasteiger partial charge in [0.15, 0.2) is 9.84 Å². The van der Waals surface area contributed by atoms with Gasteiger partial charge >= 0.3 is 0 Å². The third-order valence-electron chi connectivity index (χ3n) is 2.81. The highest BCUT2D eigenvalue weighted by atomic mass is 32.2. The summed E-state index contributed by atoms with van der Waals surface area (Å²) in [6.07, 6.45) is 1.61. The summed E-state index contributed by atoms with van der Waals surface area (Å²) in [6.45, 7) is 6.00. The average Bonchev–Trinajstić information content (AvgIpc) is 2.21. The largest absolute Gasteiger partial charge is 0.397 e. The second-order valence-electron chi connectivity index (χ2n) is 4.84. The summed E-state index contributed by atoms with van der Waals surface area (Å²) in [6, 6.07) is 5.15. The lowest BCUT2D eigenvalue weighted by atomic mass is 10.1. The van der Waals surface area contributed by atoms with Crippen LogP contribution in [0.2, 0.25) is 0 Å². The summed E-state index contributed by atoms with van der Waals surface area (Å²) in [5.74, 6) is 0.707. The summed E-state index contributed by atoms with van der Waals surface area (Å²) in [7, 11) is -3.23. The van der Waals surface area contributed by atoms with Crippen LogP contribution in [0.25, 0.3) is 0 Å². The number of sulfone groups is 1. The summed E-state index contributed by atoms with van der Waals surface area (Å²) in [5.41, 5.74) is 7.02. The smallest absolute Gasteiger partial charge is 0.180 e. The van der Waals surface area contributed by atoms with Crippen LogP contribution in [0.3, 0.4) is 0 Å². The molecule has 4 heteroatoms. The molecule has 3 nitrogen and oxygen atoms in total. The summed E-state index contributed by atoms with van der Waals surface area (Å²) in [5, 5.41) is 0. The van der Waals surface area contributed by atoms with Gasteiger partial charge in [-0.2, -0.15) is 0 Å². The minimum Gasteiger partial charge on any atom is -0.397 e.